The van der Waals surface area contributed by atoms with Crippen molar-refractivity contribution in [2.24, 2.45) is 5.92 Å². The van der Waals surface area contributed by atoms with Crippen molar-refractivity contribution in [1.82, 2.24) is 0 Å². The van der Waals surface area contributed by atoms with E-state index in [0.29, 0.717) is 0 Å². The summed E-state index contributed by atoms with van der Waals surface area (Å²) in [5, 5.41) is 8.14. The van der Waals surface area contributed by atoms with Crippen molar-refractivity contribution >= 4 is 9.84 Å². The summed E-state index contributed by atoms with van der Waals surface area (Å²) in [4.78, 5) is 0.231. The molecule has 4 heteroatoms. The molecule has 2 unspecified atom stereocenters. The molecule has 0 aliphatic rings. The fourth-order valence-corrected chi connectivity index (χ4v) is 3.58. The highest BCUT2D eigenvalue weighted by atomic mass is 32.2. The van der Waals surface area contributed by atoms with Crippen LogP contribution in [-0.4, -0.2) is 13.7 Å². The molecule has 3 nitrogen and oxygen atoms in total. The van der Waals surface area contributed by atoms with E-state index < -0.39 is 15.1 Å². The van der Waals surface area contributed by atoms with Gasteiger partial charge in [-0.05, 0) is 24.5 Å². The highest BCUT2D eigenvalue weighted by molar-refractivity contribution is 7.92. The van der Waals surface area contributed by atoms with Gasteiger partial charge in [0.05, 0.1) is 11.0 Å². The summed E-state index contributed by atoms with van der Waals surface area (Å²) in [6.45, 7) is 3.80. The van der Waals surface area contributed by atoms with Crippen LogP contribution in [0.25, 0.3) is 0 Å². The summed E-state index contributed by atoms with van der Waals surface area (Å²) in [7, 11) is -3.53. The van der Waals surface area contributed by atoms with Crippen LogP contribution in [0.5, 0.6) is 0 Å². The van der Waals surface area contributed by atoms with Gasteiger partial charge in [-0.2, -0.15) is 5.26 Å². The zero-order valence-corrected chi connectivity index (χ0v) is 10.9. The van der Waals surface area contributed by atoms with Gasteiger partial charge in [-0.25, -0.2) is 8.42 Å². The van der Waals surface area contributed by atoms with Gasteiger partial charge in [0, 0.05) is 0 Å². The maximum atomic E-state index is 12.3. The molecule has 92 valence electrons. The molecule has 0 fully saturated rings. The molecular formula is C13H17NO2S. The Morgan fingerprint density at radius 1 is 1.29 bits per heavy atom. The molecule has 0 radical (unpaired) electrons. The fourth-order valence-electron chi connectivity index (χ4n) is 1.87. The van der Waals surface area contributed by atoms with E-state index in [1.807, 2.05) is 19.9 Å². The van der Waals surface area contributed by atoms with E-state index in [4.69, 9.17) is 5.26 Å². The lowest BCUT2D eigenvalue weighted by Gasteiger charge is -2.17. The average Bonchev–Trinajstić information content (AvgIpc) is 2.31. The van der Waals surface area contributed by atoms with Gasteiger partial charge < -0.3 is 0 Å². The molecule has 0 heterocycles. The number of benzene rings is 1. The molecule has 0 spiro atoms. The molecule has 0 bridgehead atoms. The minimum atomic E-state index is -3.53. The van der Waals surface area contributed by atoms with Crippen molar-refractivity contribution in [2.75, 3.05) is 0 Å². The number of nitrogens with zero attached hydrogens (tertiary/aromatic N) is 1. The first-order valence-corrected chi connectivity index (χ1v) is 7.27. The second-order valence-electron chi connectivity index (χ2n) is 4.17. The number of nitriles is 1. The van der Waals surface area contributed by atoms with E-state index in [1.165, 1.54) is 0 Å². The van der Waals surface area contributed by atoms with Crippen molar-refractivity contribution in [3.8, 4) is 6.07 Å². The Kier molecular flexibility index (Phi) is 4.71. The number of rotatable bonds is 5. The van der Waals surface area contributed by atoms with Crippen molar-refractivity contribution in [3.05, 3.63) is 30.3 Å². The lowest BCUT2D eigenvalue weighted by atomic mass is 10.0. The first-order valence-electron chi connectivity index (χ1n) is 5.72. The van der Waals surface area contributed by atoms with Crippen molar-refractivity contribution in [3.63, 3.8) is 0 Å². The largest absolute Gasteiger partial charge is 0.222 e. The molecule has 1 aromatic rings. The van der Waals surface area contributed by atoms with E-state index in [0.717, 1.165) is 12.8 Å². The topological polar surface area (TPSA) is 57.9 Å². The van der Waals surface area contributed by atoms with Gasteiger partial charge in [0.25, 0.3) is 0 Å². The fraction of sp³-hybridized carbons (Fsp3) is 0.462. The Labute approximate surface area is 103 Å². The van der Waals surface area contributed by atoms with Crippen LogP contribution in [0.1, 0.15) is 26.7 Å². The Balaban J connectivity index is 3.09. The highest BCUT2D eigenvalue weighted by Crippen LogP contribution is 2.23. The third kappa shape index (κ3) is 3.07. The minimum absolute atomic E-state index is 0.143. The van der Waals surface area contributed by atoms with Crippen molar-refractivity contribution in [1.29, 1.82) is 5.26 Å². The Hall–Kier alpha value is -1.34. The van der Waals surface area contributed by atoms with Crippen LogP contribution in [0.4, 0.5) is 0 Å². The molecule has 0 saturated heterocycles. The number of sulfone groups is 1. The summed E-state index contributed by atoms with van der Waals surface area (Å²) in [6.07, 6.45) is 1.62. The van der Waals surface area contributed by atoms with Gasteiger partial charge in [-0.1, -0.05) is 38.5 Å². The van der Waals surface area contributed by atoms with Gasteiger partial charge in [-0.3, -0.25) is 0 Å². The molecule has 0 amide bonds. The van der Waals surface area contributed by atoms with E-state index >= 15 is 0 Å². The third-order valence-corrected chi connectivity index (χ3v) is 4.96. The van der Waals surface area contributed by atoms with Crippen LogP contribution in [0, 0.1) is 17.2 Å². The molecule has 0 aromatic heterocycles. The first-order chi connectivity index (χ1) is 8.04. The second kappa shape index (κ2) is 5.83. The normalized spacial score (nSPS) is 14.9. The van der Waals surface area contributed by atoms with Gasteiger partial charge in [0.2, 0.25) is 0 Å². The van der Waals surface area contributed by atoms with E-state index in [9.17, 15) is 8.42 Å². The molecule has 1 rings (SSSR count). The van der Waals surface area contributed by atoms with Crippen LogP contribution >= 0.6 is 0 Å². The predicted molar refractivity (Wildman–Crippen MR) is 67.1 cm³/mol. The first kappa shape index (κ1) is 13.7. The molecule has 0 aliphatic heterocycles. The molecule has 17 heavy (non-hydrogen) atoms. The van der Waals surface area contributed by atoms with Crippen molar-refractivity contribution < 1.29 is 8.42 Å². The zero-order chi connectivity index (χ0) is 12.9. The van der Waals surface area contributed by atoms with Crippen LogP contribution in [0.15, 0.2) is 35.2 Å². The van der Waals surface area contributed by atoms with Gasteiger partial charge in [0.15, 0.2) is 15.1 Å². The summed E-state index contributed by atoms with van der Waals surface area (Å²) < 4.78 is 24.5. The van der Waals surface area contributed by atoms with Gasteiger partial charge in [0.1, 0.15) is 0 Å². The van der Waals surface area contributed by atoms with E-state index in [1.54, 1.807) is 30.3 Å². The monoisotopic (exact) mass is 251 g/mol. The highest BCUT2D eigenvalue weighted by Gasteiger charge is 2.31. The lowest BCUT2D eigenvalue weighted by molar-refractivity contribution is 0.511. The number of hydrogen-bond acceptors (Lipinski definition) is 3. The van der Waals surface area contributed by atoms with Crippen molar-refractivity contribution in [2.45, 2.75) is 36.8 Å². The smallest absolute Gasteiger partial charge is 0.194 e. The summed E-state index contributed by atoms with van der Waals surface area (Å²) in [6, 6.07) is 10.1. The predicted octanol–water partition coefficient (Wildman–Crippen LogP) is 2.79. The minimum Gasteiger partial charge on any atom is -0.222 e. The molecule has 0 aliphatic carbocycles. The van der Waals surface area contributed by atoms with Crippen LogP contribution < -0.4 is 0 Å². The zero-order valence-electron chi connectivity index (χ0n) is 10.1. The Bertz CT molecular complexity index is 488. The Morgan fingerprint density at radius 2 is 1.88 bits per heavy atom. The van der Waals surface area contributed by atoms with Gasteiger partial charge in [-0.15, -0.1) is 0 Å². The standard InChI is InChI=1S/C13H17NO2S/c1-3-7-11(2)13(10-14)17(15,16)12-8-5-4-6-9-12/h4-6,8-9,11,13H,3,7H2,1-2H3. The molecule has 2 atom stereocenters. The molecule has 0 N–H and O–H groups in total. The van der Waals surface area contributed by atoms with Crippen LogP contribution in [-0.2, 0) is 9.84 Å². The van der Waals surface area contributed by atoms with Crippen LogP contribution in [0.2, 0.25) is 0 Å². The lowest BCUT2D eigenvalue weighted by Crippen LogP contribution is -2.27. The number of hydrogen-bond donors (Lipinski definition) is 0. The summed E-state index contributed by atoms with van der Waals surface area (Å²) in [5.74, 6) is -0.143. The van der Waals surface area contributed by atoms with E-state index in [-0.39, 0.29) is 10.8 Å². The summed E-state index contributed by atoms with van der Waals surface area (Å²) >= 11 is 0. The molecule has 1 aromatic carbocycles. The second-order valence-corrected chi connectivity index (χ2v) is 6.24. The van der Waals surface area contributed by atoms with Crippen LogP contribution in [0.3, 0.4) is 0 Å². The Morgan fingerprint density at radius 3 is 2.35 bits per heavy atom. The average molecular weight is 251 g/mol. The quantitative estimate of drug-likeness (QED) is 0.808. The van der Waals surface area contributed by atoms with Gasteiger partial charge >= 0.3 is 0 Å². The maximum Gasteiger partial charge on any atom is 0.194 e. The summed E-state index contributed by atoms with van der Waals surface area (Å²) in [5.41, 5.74) is 0. The maximum absolute atomic E-state index is 12.3. The molecule has 0 saturated carbocycles. The molecular weight excluding hydrogens is 234 g/mol. The SMILES string of the molecule is CCCC(C)C(C#N)S(=O)(=O)c1ccccc1. The van der Waals surface area contributed by atoms with E-state index in [2.05, 4.69) is 0 Å². The third-order valence-electron chi connectivity index (χ3n) is 2.79.